The van der Waals surface area contributed by atoms with Crippen molar-refractivity contribution in [3.8, 4) is 0 Å². The summed E-state index contributed by atoms with van der Waals surface area (Å²) in [5.41, 5.74) is 4.59. The van der Waals surface area contributed by atoms with E-state index in [-0.39, 0.29) is 25.2 Å². The summed E-state index contributed by atoms with van der Waals surface area (Å²) < 4.78 is 23.0. The van der Waals surface area contributed by atoms with Gasteiger partial charge >= 0.3 is 5.97 Å². The Morgan fingerprint density at radius 1 is 1.43 bits per heavy atom. The third-order valence-corrected chi connectivity index (χ3v) is 2.41. The number of amidine groups is 1. The number of hydrogen-bond donors (Lipinski definition) is 1. The van der Waals surface area contributed by atoms with Crippen LogP contribution in [0.5, 0.6) is 0 Å². The molecule has 0 heterocycles. The Morgan fingerprint density at radius 3 is 2.52 bits per heavy atom. The highest BCUT2D eigenvalue weighted by Crippen LogP contribution is 2.11. The van der Waals surface area contributed by atoms with Crippen LogP contribution in [0.3, 0.4) is 0 Å². The first-order chi connectivity index (χ1) is 10.5. The molecule has 0 fully saturated rings. The molecule has 0 aromatic rings. The Balaban J connectivity index is 4.76. The largest absolute Gasteiger partial charge is 0.595 e. The monoisotopic (exact) mass is 330 g/mol. The highest BCUT2D eigenvalue weighted by atomic mass is 19.1. The van der Waals surface area contributed by atoms with Gasteiger partial charge in [-0.1, -0.05) is 26.8 Å². The number of rotatable bonds is 7. The molecule has 0 aliphatic rings. The maximum absolute atomic E-state index is 13.4. The molecule has 2 N–H and O–H groups in total. The molecule has 0 bridgehead atoms. The van der Waals surface area contributed by atoms with Gasteiger partial charge in [0, 0.05) is 5.60 Å². The maximum Gasteiger partial charge on any atom is 0.330 e. The van der Waals surface area contributed by atoms with Crippen LogP contribution in [-0.2, 0) is 14.3 Å². The molecule has 0 saturated carbocycles. The van der Waals surface area contributed by atoms with Crippen molar-refractivity contribution in [1.29, 1.82) is 0 Å². The van der Waals surface area contributed by atoms with Crippen molar-refractivity contribution < 1.29 is 23.8 Å². The molecule has 0 spiro atoms. The summed E-state index contributed by atoms with van der Waals surface area (Å²) in [6.45, 7) is 6.46. The van der Waals surface area contributed by atoms with Crippen molar-refractivity contribution in [2.75, 3.05) is 13.7 Å². The highest BCUT2D eigenvalue weighted by molar-refractivity contribution is 5.78. The van der Waals surface area contributed by atoms with Gasteiger partial charge in [0.25, 0.3) is 0 Å². The summed E-state index contributed by atoms with van der Waals surface area (Å²) in [5.74, 6) is -0.878. The predicted molar refractivity (Wildman–Crippen MR) is 84.7 cm³/mol. The molecule has 8 heteroatoms. The third-order valence-electron chi connectivity index (χ3n) is 2.41. The van der Waals surface area contributed by atoms with Gasteiger partial charge < -0.3 is 20.3 Å². The molecule has 0 aromatic heterocycles. The van der Waals surface area contributed by atoms with E-state index in [9.17, 15) is 14.3 Å². The first-order valence-corrected chi connectivity index (χ1v) is 7.18. The van der Waals surface area contributed by atoms with E-state index in [1.54, 1.807) is 27.7 Å². The molecular weight excluding hydrogens is 305 g/mol. The third kappa shape index (κ3) is 11.1. The fraction of sp³-hybridized carbons (Fsp3) is 0.667. The minimum Gasteiger partial charge on any atom is -0.595 e. The van der Waals surface area contributed by atoms with Crippen LogP contribution in [0.25, 0.3) is 0 Å². The summed E-state index contributed by atoms with van der Waals surface area (Å²) in [6, 6.07) is -1.04. The van der Waals surface area contributed by atoms with Gasteiger partial charge in [0.2, 0.25) is 0 Å². The minimum atomic E-state index is -1.04. The van der Waals surface area contributed by atoms with Gasteiger partial charge in [-0.05, 0) is 19.8 Å². The number of esters is 1. The Hall–Kier alpha value is -2.12. The highest BCUT2D eigenvalue weighted by Gasteiger charge is 2.18. The van der Waals surface area contributed by atoms with Gasteiger partial charge in [0.05, 0.1) is 19.5 Å². The number of allylic oxidation sites excluding steroid dienone is 1. The Morgan fingerprint density at radius 2 is 2.04 bits per heavy atom. The smallest absolute Gasteiger partial charge is 0.330 e. The van der Waals surface area contributed by atoms with E-state index in [2.05, 4.69) is 14.7 Å². The summed E-state index contributed by atoms with van der Waals surface area (Å²) in [6.07, 6.45) is 0.718. The van der Waals surface area contributed by atoms with E-state index in [0.29, 0.717) is 0 Å². The molecule has 1 unspecified atom stereocenters. The van der Waals surface area contributed by atoms with Crippen LogP contribution in [0.1, 0.15) is 40.5 Å². The number of nitrogens with zero attached hydrogens (tertiary/aromatic N) is 2. The summed E-state index contributed by atoms with van der Waals surface area (Å²) in [5, 5.41) is 11.6. The number of nitrogens with two attached hydrogens (primary N) is 1. The lowest BCUT2D eigenvalue weighted by molar-refractivity contribution is -0.261. The number of carbonyl (C=O) groups is 1. The molecule has 0 amide bonds. The lowest BCUT2D eigenvalue weighted by Gasteiger charge is -2.30. The Kier molecular flexibility index (Phi) is 8.90. The SMILES string of the molecule is COC(=O)C(CC/C=C(/F)CN=C(C)N)N=C([O-])OC(C)(C)C. The number of halogens is 1. The normalized spacial score (nSPS) is 15.3. The van der Waals surface area contributed by atoms with Gasteiger partial charge in [-0.25, -0.2) is 9.18 Å². The second kappa shape index (κ2) is 9.81. The molecular formula is C15H25FN3O4-. The lowest BCUT2D eigenvalue weighted by atomic mass is 10.1. The van der Waals surface area contributed by atoms with Crippen molar-refractivity contribution in [2.24, 2.45) is 15.7 Å². The summed E-state index contributed by atoms with van der Waals surface area (Å²) >= 11 is 0. The van der Waals surface area contributed by atoms with E-state index >= 15 is 0 Å². The second-order valence-corrected chi connectivity index (χ2v) is 5.83. The molecule has 132 valence electrons. The number of carbonyl (C=O) groups excluding carboxylic acids is 1. The fourth-order valence-corrected chi connectivity index (χ4v) is 1.45. The van der Waals surface area contributed by atoms with Gasteiger partial charge in [0.1, 0.15) is 18.0 Å². The molecule has 0 aromatic carbocycles. The van der Waals surface area contributed by atoms with Crippen LogP contribution in [0.2, 0.25) is 0 Å². The van der Waals surface area contributed by atoms with Crippen LogP contribution in [0.15, 0.2) is 21.9 Å². The van der Waals surface area contributed by atoms with E-state index in [1.165, 1.54) is 13.2 Å². The van der Waals surface area contributed by atoms with Gasteiger partial charge in [-0.3, -0.25) is 9.98 Å². The van der Waals surface area contributed by atoms with Crippen molar-refractivity contribution in [1.82, 2.24) is 0 Å². The fourth-order valence-electron chi connectivity index (χ4n) is 1.45. The van der Waals surface area contributed by atoms with Crippen LogP contribution in [0, 0.1) is 0 Å². The molecule has 0 saturated heterocycles. The first kappa shape index (κ1) is 20.9. The Bertz CT molecular complexity index is 478. The standard InChI is InChI=1S/C15H26FN3O4/c1-10(17)18-9-11(16)7-6-8-12(13(20)22-5)19-14(21)23-15(2,3)4/h7,12H,6,8-9H2,1-5H3,(H2,17,18)(H,19,21)/p-1/b11-7+. The topological polar surface area (TPSA) is 109 Å². The van der Waals surface area contributed by atoms with Crippen LogP contribution < -0.4 is 10.8 Å². The van der Waals surface area contributed by atoms with Crippen LogP contribution in [0.4, 0.5) is 4.39 Å². The zero-order valence-electron chi connectivity index (χ0n) is 14.3. The van der Waals surface area contributed by atoms with E-state index in [1.807, 2.05) is 0 Å². The quantitative estimate of drug-likeness (QED) is 0.426. The maximum atomic E-state index is 13.4. The van der Waals surface area contributed by atoms with E-state index in [0.717, 1.165) is 0 Å². The number of aliphatic imine (C=N–C) groups is 2. The second-order valence-electron chi connectivity index (χ2n) is 5.83. The van der Waals surface area contributed by atoms with Crippen molar-refractivity contribution in [3.63, 3.8) is 0 Å². The zero-order chi connectivity index (χ0) is 18.0. The molecule has 23 heavy (non-hydrogen) atoms. The number of ether oxygens (including phenoxy) is 2. The van der Waals surface area contributed by atoms with Crippen LogP contribution >= 0.6 is 0 Å². The molecule has 0 aliphatic carbocycles. The average molecular weight is 330 g/mol. The van der Waals surface area contributed by atoms with Crippen molar-refractivity contribution in [3.05, 3.63) is 11.9 Å². The first-order valence-electron chi connectivity index (χ1n) is 7.18. The van der Waals surface area contributed by atoms with Crippen molar-refractivity contribution in [2.45, 2.75) is 52.2 Å². The lowest BCUT2D eigenvalue weighted by Crippen LogP contribution is -2.34. The molecule has 0 rings (SSSR count). The molecule has 0 radical (unpaired) electrons. The number of hydrogen-bond acceptors (Lipinski definition) is 6. The predicted octanol–water partition coefficient (Wildman–Crippen LogP) is 1.07. The van der Waals surface area contributed by atoms with E-state index < -0.39 is 29.5 Å². The number of methoxy groups -OCH3 is 1. The molecule has 1 atom stereocenters. The molecule has 0 aliphatic heterocycles. The Labute approximate surface area is 136 Å². The van der Waals surface area contributed by atoms with E-state index in [4.69, 9.17) is 10.5 Å². The summed E-state index contributed by atoms with van der Waals surface area (Å²) in [4.78, 5) is 19.0. The van der Waals surface area contributed by atoms with Gasteiger partial charge in [-0.15, -0.1) is 0 Å². The van der Waals surface area contributed by atoms with Crippen LogP contribution in [-0.4, -0.2) is 43.2 Å². The van der Waals surface area contributed by atoms with Crippen molar-refractivity contribution >= 4 is 17.9 Å². The summed E-state index contributed by atoms with van der Waals surface area (Å²) in [7, 11) is 1.19. The molecule has 7 nitrogen and oxygen atoms in total. The minimum absolute atomic E-state index is 0.116. The van der Waals surface area contributed by atoms with Gasteiger partial charge in [-0.2, -0.15) is 0 Å². The zero-order valence-corrected chi connectivity index (χ0v) is 14.3. The average Bonchev–Trinajstić information content (AvgIpc) is 2.41. The van der Waals surface area contributed by atoms with Gasteiger partial charge in [0.15, 0.2) is 0 Å².